The molecule has 2 aromatic carbocycles. The van der Waals surface area contributed by atoms with E-state index in [0.717, 1.165) is 11.1 Å². The number of benzene rings is 2. The van der Waals surface area contributed by atoms with Crippen molar-refractivity contribution in [2.45, 2.75) is 13.0 Å². The molecule has 0 saturated heterocycles. The van der Waals surface area contributed by atoms with Crippen molar-refractivity contribution < 1.29 is 9.47 Å². The van der Waals surface area contributed by atoms with Crippen LogP contribution in [0.1, 0.15) is 22.7 Å². The van der Waals surface area contributed by atoms with Crippen LogP contribution in [0.25, 0.3) is 0 Å². The van der Waals surface area contributed by atoms with Crippen molar-refractivity contribution in [2.24, 2.45) is 5.73 Å². The number of methoxy groups -OCH3 is 2. The predicted molar refractivity (Wildman–Crippen MR) is 81.8 cm³/mol. The Morgan fingerprint density at radius 3 is 2.20 bits per heavy atom. The minimum absolute atomic E-state index is 0.297. The number of hydrogen-bond acceptors (Lipinski definition) is 3. The summed E-state index contributed by atoms with van der Waals surface area (Å²) in [5, 5.41) is 0.440. The van der Waals surface area contributed by atoms with Gasteiger partial charge in [-0.2, -0.15) is 0 Å². The molecule has 2 aromatic rings. The molecule has 0 aliphatic heterocycles. The second kappa shape index (κ2) is 6.16. The summed E-state index contributed by atoms with van der Waals surface area (Å²) in [7, 11) is 3.15. The fraction of sp³-hybridized carbons (Fsp3) is 0.250. The molecule has 0 heterocycles. The van der Waals surface area contributed by atoms with Gasteiger partial charge in [-0.3, -0.25) is 0 Å². The Labute approximate surface area is 124 Å². The van der Waals surface area contributed by atoms with Gasteiger partial charge in [-0.1, -0.05) is 41.4 Å². The van der Waals surface area contributed by atoms with Crippen LogP contribution in [0.4, 0.5) is 0 Å². The number of halogens is 1. The molecular weight excluding hydrogens is 274 g/mol. The van der Waals surface area contributed by atoms with Gasteiger partial charge in [0.1, 0.15) is 16.5 Å². The van der Waals surface area contributed by atoms with Gasteiger partial charge in [-0.25, -0.2) is 0 Å². The Hall–Kier alpha value is -1.71. The lowest BCUT2D eigenvalue weighted by molar-refractivity contribution is 0.390. The lowest BCUT2D eigenvalue weighted by atomic mass is 9.97. The highest BCUT2D eigenvalue weighted by Crippen LogP contribution is 2.40. The van der Waals surface area contributed by atoms with E-state index >= 15 is 0 Å². The van der Waals surface area contributed by atoms with Gasteiger partial charge < -0.3 is 15.2 Å². The van der Waals surface area contributed by atoms with Crippen molar-refractivity contribution in [3.05, 3.63) is 58.1 Å². The lowest BCUT2D eigenvalue weighted by Gasteiger charge is -2.18. The third-order valence-electron chi connectivity index (χ3n) is 3.29. The third-order valence-corrected chi connectivity index (χ3v) is 3.65. The molecule has 2 rings (SSSR count). The van der Waals surface area contributed by atoms with E-state index in [9.17, 15) is 0 Å². The summed E-state index contributed by atoms with van der Waals surface area (Å²) in [6, 6.07) is 11.5. The molecule has 0 amide bonds. The smallest absolute Gasteiger partial charge is 0.146 e. The normalized spacial score (nSPS) is 12.1. The predicted octanol–water partition coefficient (Wildman–Crippen LogP) is 3.71. The van der Waals surface area contributed by atoms with Gasteiger partial charge in [0.15, 0.2) is 0 Å². The molecule has 0 aliphatic carbocycles. The van der Waals surface area contributed by atoms with Gasteiger partial charge in [0.25, 0.3) is 0 Å². The van der Waals surface area contributed by atoms with E-state index in [4.69, 9.17) is 26.8 Å². The second-order valence-corrected chi connectivity index (χ2v) is 4.97. The maximum atomic E-state index is 6.32. The number of rotatable bonds is 4. The Morgan fingerprint density at radius 1 is 1.00 bits per heavy atom. The summed E-state index contributed by atoms with van der Waals surface area (Å²) in [4.78, 5) is 0. The molecule has 3 nitrogen and oxygen atoms in total. The molecule has 0 spiro atoms. The van der Waals surface area contributed by atoms with Crippen LogP contribution in [0.15, 0.2) is 36.4 Å². The summed E-state index contributed by atoms with van der Waals surface area (Å²) in [5.74, 6) is 1.13. The van der Waals surface area contributed by atoms with Crippen molar-refractivity contribution in [1.82, 2.24) is 0 Å². The molecule has 4 heteroatoms. The standard InChI is InChI=1S/C16H18ClNO2/c1-10-4-6-11(7-5-10)15(18)12-8-9-13(19-2)14(17)16(12)20-3/h4-9,15H,18H2,1-3H3. The van der Waals surface area contributed by atoms with Gasteiger partial charge in [-0.05, 0) is 24.6 Å². The van der Waals surface area contributed by atoms with E-state index in [-0.39, 0.29) is 6.04 Å². The van der Waals surface area contributed by atoms with E-state index in [1.807, 2.05) is 37.3 Å². The summed E-state index contributed by atoms with van der Waals surface area (Å²) >= 11 is 6.27. The van der Waals surface area contributed by atoms with Crippen LogP contribution in [0.3, 0.4) is 0 Å². The summed E-state index contributed by atoms with van der Waals surface area (Å²) in [5.41, 5.74) is 9.36. The van der Waals surface area contributed by atoms with E-state index in [1.165, 1.54) is 5.56 Å². The molecule has 0 aromatic heterocycles. The van der Waals surface area contributed by atoms with Crippen molar-refractivity contribution >= 4 is 11.6 Å². The zero-order chi connectivity index (χ0) is 14.7. The quantitative estimate of drug-likeness (QED) is 0.934. The first kappa shape index (κ1) is 14.7. The SMILES string of the molecule is COc1ccc(C(N)c2ccc(C)cc2)c(OC)c1Cl. The average Bonchev–Trinajstić information content (AvgIpc) is 2.47. The first-order valence-electron chi connectivity index (χ1n) is 6.31. The molecule has 0 aliphatic rings. The average molecular weight is 292 g/mol. The van der Waals surface area contributed by atoms with Crippen LogP contribution in [0.5, 0.6) is 11.5 Å². The van der Waals surface area contributed by atoms with Crippen molar-refractivity contribution in [3.63, 3.8) is 0 Å². The molecule has 1 unspecified atom stereocenters. The first-order chi connectivity index (χ1) is 9.58. The van der Waals surface area contributed by atoms with E-state index < -0.39 is 0 Å². The van der Waals surface area contributed by atoms with Crippen LogP contribution < -0.4 is 15.2 Å². The van der Waals surface area contributed by atoms with Crippen LogP contribution in [0, 0.1) is 6.92 Å². The fourth-order valence-corrected chi connectivity index (χ4v) is 2.44. The lowest BCUT2D eigenvalue weighted by Crippen LogP contribution is -2.13. The number of nitrogens with two attached hydrogens (primary N) is 1. The minimum atomic E-state index is -0.297. The van der Waals surface area contributed by atoms with Crippen molar-refractivity contribution in [1.29, 1.82) is 0 Å². The monoisotopic (exact) mass is 291 g/mol. The van der Waals surface area contributed by atoms with Crippen molar-refractivity contribution in [2.75, 3.05) is 14.2 Å². The largest absolute Gasteiger partial charge is 0.495 e. The summed E-state index contributed by atoms with van der Waals surface area (Å²) < 4.78 is 10.6. The van der Waals surface area contributed by atoms with Crippen LogP contribution in [-0.2, 0) is 0 Å². The van der Waals surface area contributed by atoms with E-state index in [0.29, 0.717) is 16.5 Å². The molecule has 1 atom stereocenters. The summed E-state index contributed by atoms with van der Waals surface area (Å²) in [6.07, 6.45) is 0. The Balaban J connectivity index is 2.46. The van der Waals surface area contributed by atoms with Crippen LogP contribution >= 0.6 is 11.6 Å². The van der Waals surface area contributed by atoms with Gasteiger partial charge >= 0.3 is 0 Å². The number of ether oxygens (including phenoxy) is 2. The Morgan fingerprint density at radius 2 is 1.65 bits per heavy atom. The van der Waals surface area contributed by atoms with E-state index in [2.05, 4.69) is 0 Å². The van der Waals surface area contributed by atoms with Gasteiger partial charge in [0.05, 0.1) is 20.3 Å². The third kappa shape index (κ3) is 2.74. The minimum Gasteiger partial charge on any atom is -0.495 e. The zero-order valence-electron chi connectivity index (χ0n) is 11.8. The van der Waals surface area contributed by atoms with Gasteiger partial charge in [0, 0.05) is 5.56 Å². The fourth-order valence-electron chi connectivity index (χ4n) is 2.12. The molecule has 0 saturated carbocycles. The maximum Gasteiger partial charge on any atom is 0.146 e. The van der Waals surface area contributed by atoms with Gasteiger partial charge in [0.2, 0.25) is 0 Å². The molecule has 0 radical (unpaired) electrons. The molecule has 0 fully saturated rings. The Kier molecular flexibility index (Phi) is 4.53. The summed E-state index contributed by atoms with van der Waals surface area (Å²) in [6.45, 7) is 2.04. The van der Waals surface area contributed by atoms with Crippen LogP contribution in [-0.4, -0.2) is 14.2 Å². The molecule has 2 N–H and O–H groups in total. The first-order valence-corrected chi connectivity index (χ1v) is 6.68. The van der Waals surface area contributed by atoms with Crippen molar-refractivity contribution in [3.8, 4) is 11.5 Å². The van der Waals surface area contributed by atoms with Gasteiger partial charge in [-0.15, -0.1) is 0 Å². The highest BCUT2D eigenvalue weighted by Gasteiger charge is 2.19. The number of aryl methyl sites for hydroxylation is 1. The molecule has 0 bridgehead atoms. The highest BCUT2D eigenvalue weighted by molar-refractivity contribution is 6.33. The molecular formula is C16H18ClNO2. The zero-order valence-corrected chi connectivity index (χ0v) is 12.6. The number of hydrogen-bond donors (Lipinski definition) is 1. The maximum absolute atomic E-state index is 6.32. The topological polar surface area (TPSA) is 44.5 Å². The highest BCUT2D eigenvalue weighted by atomic mass is 35.5. The molecule has 20 heavy (non-hydrogen) atoms. The molecule has 106 valence electrons. The van der Waals surface area contributed by atoms with Crippen LogP contribution in [0.2, 0.25) is 5.02 Å². The Bertz CT molecular complexity index is 596. The second-order valence-electron chi connectivity index (χ2n) is 4.59. The van der Waals surface area contributed by atoms with E-state index in [1.54, 1.807) is 20.3 Å².